The number of nitrogens with zero attached hydrogens (tertiary/aromatic N) is 1. The van der Waals surface area contributed by atoms with Crippen LogP contribution in [0.2, 0.25) is 0 Å². The second-order valence-corrected chi connectivity index (χ2v) is 6.32. The van der Waals surface area contributed by atoms with Gasteiger partial charge in [0.1, 0.15) is 0 Å². The smallest absolute Gasteiger partial charge is 0.229 e. The zero-order valence-electron chi connectivity index (χ0n) is 13.5. The van der Waals surface area contributed by atoms with Gasteiger partial charge < -0.3 is 10.6 Å². The molecule has 1 fully saturated rings. The molecule has 2 aromatic carbocycles. The summed E-state index contributed by atoms with van der Waals surface area (Å²) < 4.78 is 26.5. The lowest BCUT2D eigenvalue weighted by atomic mass is 9.95. The van der Waals surface area contributed by atoms with Crippen LogP contribution in [0.15, 0.2) is 48.5 Å². The molecule has 0 bridgehead atoms. The van der Waals surface area contributed by atoms with E-state index in [0.29, 0.717) is 18.7 Å². The van der Waals surface area contributed by atoms with E-state index in [-0.39, 0.29) is 17.9 Å². The monoisotopic (exact) mass is 330 g/mol. The third kappa shape index (κ3) is 3.17. The number of carbonyl (C=O) groups excluding carboxylic acids is 1. The normalized spacial score (nSPS) is 21.8. The Bertz CT molecular complexity index is 735. The average molecular weight is 330 g/mol. The van der Waals surface area contributed by atoms with Crippen LogP contribution in [0, 0.1) is 11.6 Å². The minimum Gasteiger partial charge on any atom is -0.340 e. The average Bonchev–Trinajstić information content (AvgIpc) is 2.98. The summed E-state index contributed by atoms with van der Waals surface area (Å²) in [6, 6.07) is 13.3. The summed E-state index contributed by atoms with van der Waals surface area (Å²) in [5.41, 5.74) is 7.80. The quantitative estimate of drug-likeness (QED) is 0.940. The minimum absolute atomic E-state index is 0.0901. The van der Waals surface area contributed by atoms with Crippen molar-refractivity contribution in [1.29, 1.82) is 0 Å². The Kier molecular flexibility index (Phi) is 4.62. The molecular weight excluding hydrogens is 310 g/mol. The first kappa shape index (κ1) is 16.6. The van der Waals surface area contributed by atoms with Gasteiger partial charge in [-0.3, -0.25) is 4.79 Å². The number of amides is 1. The predicted octanol–water partition coefficient (Wildman–Crippen LogP) is 3.02. The Morgan fingerprint density at radius 3 is 2.50 bits per heavy atom. The lowest BCUT2D eigenvalue weighted by Gasteiger charge is -2.21. The molecule has 0 aliphatic carbocycles. The van der Waals surface area contributed by atoms with Gasteiger partial charge in [-0.05, 0) is 30.2 Å². The van der Waals surface area contributed by atoms with Crippen LogP contribution in [0.3, 0.4) is 0 Å². The molecule has 0 saturated carbocycles. The molecule has 1 amide bonds. The van der Waals surface area contributed by atoms with Crippen LogP contribution in [0.5, 0.6) is 0 Å². The Balaban J connectivity index is 1.74. The molecule has 0 aromatic heterocycles. The number of likely N-dealkylation sites (tertiary alicyclic amines) is 1. The first-order chi connectivity index (χ1) is 11.5. The van der Waals surface area contributed by atoms with Gasteiger partial charge in [0.2, 0.25) is 5.91 Å². The van der Waals surface area contributed by atoms with Crippen molar-refractivity contribution in [3.63, 3.8) is 0 Å². The van der Waals surface area contributed by atoms with E-state index in [4.69, 9.17) is 5.73 Å². The van der Waals surface area contributed by atoms with E-state index in [1.807, 2.05) is 30.3 Å². The summed E-state index contributed by atoms with van der Waals surface area (Å²) in [5, 5.41) is 0. The maximum absolute atomic E-state index is 13.4. The summed E-state index contributed by atoms with van der Waals surface area (Å²) in [6.45, 7) is 2.71. The van der Waals surface area contributed by atoms with E-state index in [1.165, 1.54) is 6.07 Å². The predicted molar refractivity (Wildman–Crippen MR) is 88.5 cm³/mol. The van der Waals surface area contributed by atoms with Gasteiger partial charge in [0.15, 0.2) is 11.6 Å². The van der Waals surface area contributed by atoms with Crippen molar-refractivity contribution in [1.82, 2.24) is 4.90 Å². The van der Waals surface area contributed by atoms with Gasteiger partial charge in [0, 0.05) is 25.0 Å². The number of nitrogens with two attached hydrogens (primary N) is 1. The van der Waals surface area contributed by atoms with Crippen LogP contribution in [0.1, 0.15) is 29.9 Å². The molecular formula is C19H20F2N2O. The fourth-order valence-electron chi connectivity index (χ4n) is 3.26. The molecule has 1 saturated heterocycles. The molecule has 3 nitrogen and oxygen atoms in total. The molecule has 1 heterocycles. The molecule has 24 heavy (non-hydrogen) atoms. The topological polar surface area (TPSA) is 46.3 Å². The van der Waals surface area contributed by atoms with Gasteiger partial charge in [-0.15, -0.1) is 0 Å². The van der Waals surface area contributed by atoms with Gasteiger partial charge in [-0.25, -0.2) is 8.78 Å². The number of rotatable bonds is 3. The number of benzene rings is 2. The highest BCUT2D eigenvalue weighted by molar-refractivity contribution is 5.83. The molecule has 1 aliphatic heterocycles. The highest BCUT2D eigenvalue weighted by Crippen LogP contribution is 2.29. The van der Waals surface area contributed by atoms with Gasteiger partial charge >= 0.3 is 0 Å². The summed E-state index contributed by atoms with van der Waals surface area (Å²) in [6.07, 6.45) is 0. The molecule has 3 rings (SSSR count). The van der Waals surface area contributed by atoms with E-state index in [2.05, 4.69) is 0 Å². The van der Waals surface area contributed by atoms with E-state index in [0.717, 1.165) is 17.7 Å². The van der Waals surface area contributed by atoms with Gasteiger partial charge in [0.05, 0.1) is 5.92 Å². The second-order valence-electron chi connectivity index (χ2n) is 6.32. The Labute approximate surface area is 140 Å². The van der Waals surface area contributed by atoms with Gasteiger partial charge in [-0.2, -0.15) is 0 Å². The van der Waals surface area contributed by atoms with E-state index in [9.17, 15) is 13.6 Å². The summed E-state index contributed by atoms with van der Waals surface area (Å²) >= 11 is 0. The molecule has 126 valence electrons. The number of hydrogen-bond acceptors (Lipinski definition) is 2. The van der Waals surface area contributed by atoms with Crippen LogP contribution in [0.25, 0.3) is 0 Å². The van der Waals surface area contributed by atoms with Crippen LogP contribution >= 0.6 is 0 Å². The minimum atomic E-state index is -0.938. The van der Waals surface area contributed by atoms with Gasteiger partial charge in [0.25, 0.3) is 0 Å². The fourth-order valence-corrected chi connectivity index (χ4v) is 3.26. The standard InChI is InChI=1S/C19H20F2N2O/c1-12(14-7-8-16(20)17(21)9-14)19(24)23-10-15(18(22)11-23)13-5-3-2-4-6-13/h2-9,12,15,18H,10-11,22H2,1H3/t12?,15-,18+/m0/s1. The lowest BCUT2D eigenvalue weighted by Crippen LogP contribution is -2.34. The molecule has 2 aromatic rings. The number of hydrogen-bond donors (Lipinski definition) is 1. The molecule has 0 radical (unpaired) electrons. The summed E-state index contributed by atoms with van der Waals surface area (Å²) in [4.78, 5) is 14.4. The van der Waals surface area contributed by atoms with Crippen molar-refractivity contribution in [2.75, 3.05) is 13.1 Å². The SMILES string of the molecule is CC(C(=O)N1C[C@@H](N)[C@H](c2ccccc2)C1)c1ccc(F)c(F)c1. The van der Waals surface area contributed by atoms with Crippen molar-refractivity contribution in [2.24, 2.45) is 5.73 Å². The van der Waals surface area contributed by atoms with Crippen molar-refractivity contribution in [2.45, 2.75) is 24.8 Å². The van der Waals surface area contributed by atoms with Crippen molar-refractivity contribution in [3.8, 4) is 0 Å². The van der Waals surface area contributed by atoms with E-state index < -0.39 is 17.6 Å². The van der Waals surface area contributed by atoms with Crippen molar-refractivity contribution >= 4 is 5.91 Å². The first-order valence-corrected chi connectivity index (χ1v) is 8.01. The highest BCUT2D eigenvalue weighted by atomic mass is 19.2. The lowest BCUT2D eigenvalue weighted by molar-refractivity contribution is -0.131. The van der Waals surface area contributed by atoms with Crippen LogP contribution in [-0.2, 0) is 4.79 Å². The van der Waals surface area contributed by atoms with E-state index in [1.54, 1.807) is 11.8 Å². The molecule has 5 heteroatoms. The fraction of sp³-hybridized carbons (Fsp3) is 0.316. The van der Waals surface area contributed by atoms with Crippen LogP contribution in [0.4, 0.5) is 8.78 Å². The highest BCUT2D eigenvalue weighted by Gasteiger charge is 2.35. The first-order valence-electron chi connectivity index (χ1n) is 8.01. The van der Waals surface area contributed by atoms with Crippen LogP contribution < -0.4 is 5.73 Å². The van der Waals surface area contributed by atoms with Crippen molar-refractivity contribution in [3.05, 3.63) is 71.3 Å². The second kappa shape index (κ2) is 6.69. The van der Waals surface area contributed by atoms with Gasteiger partial charge in [-0.1, -0.05) is 36.4 Å². The maximum Gasteiger partial charge on any atom is 0.229 e. The van der Waals surface area contributed by atoms with Crippen molar-refractivity contribution < 1.29 is 13.6 Å². The molecule has 2 N–H and O–H groups in total. The molecule has 1 aliphatic rings. The molecule has 0 spiro atoms. The third-order valence-corrected chi connectivity index (χ3v) is 4.72. The Morgan fingerprint density at radius 2 is 1.83 bits per heavy atom. The molecule has 1 unspecified atom stereocenters. The maximum atomic E-state index is 13.4. The molecule has 3 atom stereocenters. The largest absolute Gasteiger partial charge is 0.340 e. The van der Waals surface area contributed by atoms with Crippen LogP contribution in [-0.4, -0.2) is 29.9 Å². The van der Waals surface area contributed by atoms with E-state index >= 15 is 0 Å². The number of carbonyl (C=O) groups is 1. The zero-order chi connectivity index (χ0) is 17.3. The third-order valence-electron chi connectivity index (χ3n) is 4.72. The Hall–Kier alpha value is -2.27. The zero-order valence-corrected chi connectivity index (χ0v) is 13.5. The number of halogens is 2. The Morgan fingerprint density at radius 1 is 1.12 bits per heavy atom. The summed E-state index contributed by atoms with van der Waals surface area (Å²) in [5.74, 6) is -2.41. The summed E-state index contributed by atoms with van der Waals surface area (Å²) in [7, 11) is 0.